The lowest BCUT2D eigenvalue weighted by Crippen LogP contribution is -2.35. The first-order valence-corrected chi connectivity index (χ1v) is 8.09. The van der Waals surface area contributed by atoms with Crippen molar-refractivity contribution >= 4 is 24.0 Å². The zero-order valence-electron chi connectivity index (χ0n) is 14.4. The van der Waals surface area contributed by atoms with E-state index in [9.17, 15) is 19.5 Å². The molecule has 2 N–H and O–H groups in total. The van der Waals surface area contributed by atoms with Crippen molar-refractivity contribution in [2.75, 3.05) is 13.2 Å². The molecule has 27 heavy (non-hydrogen) atoms. The van der Waals surface area contributed by atoms with E-state index >= 15 is 0 Å². The molecule has 2 aromatic carbocycles. The first-order valence-electron chi connectivity index (χ1n) is 8.09. The molecule has 0 aliphatic heterocycles. The van der Waals surface area contributed by atoms with Gasteiger partial charge >= 0.3 is 0 Å². The van der Waals surface area contributed by atoms with Crippen LogP contribution in [0.25, 0.3) is 0 Å². The Morgan fingerprint density at radius 3 is 2.44 bits per heavy atom. The van der Waals surface area contributed by atoms with E-state index in [1.165, 1.54) is 6.21 Å². The maximum Gasteiger partial charge on any atom is 0.259 e. The van der Waals surface area contributed by atoms with E-state index < -0.39 is 18.5 Å². The number of hydrogen-bond donors (Lipinski definition) is 2. The third-order valence-electron chi connectivity index (χ3n) is 3.31. The summed E-state index contributed by atoms with van der Waals surface area (Å²) >= 11 is 0. The van der Waals surface area contributed by atoms with E-state index in [0.717, 1.165) is 5.56 Å². The van der Waals surface area contributed by atoms with Crippen LogP contribution in [-0.4, -0.2) is 37.1 Å². The summed E-state index contributed by atoms with van der Waals surface area (Å²) < 4.78 is 5.07. The minimum atomic E-state index is -1.35. The molecule has 0 atom stereocenters. The molecule has 0 aliphatic rings. The zero-order valence-corrected chi connectivity index (χ0v) is 14.4. The highest BCUT2D eigenvalue weighted by Gasteiger charge is 2.06. The predicted octanol–water partition coefficient (Wildman–Crippen LogP) is -0.376. The van der Waals surface area contributed by atoms with E-state index in [4.69, 9.17) is 4.74 Å². The molecule has 2 aromatic rings. The molecule has 0 spiro atoms. The molecule has 2 rings (SSSR count). The number of hydrogen-bond acceptors (Lipinski definition) is 6. The molecule has 0 aromatic heterocycles. The van der Waals surface area contributed by atoms with Gasteiger partial charge in [0.2, 0.25) is 5.91 Å². The topological polar surface area (TPSA) is 120 Å². The van der Waals surface area contributed by atoms with Crippen molar-refractivity contribution in [1.29, 1.82) is 0 Å². The number of carbonyl (C=O) groups excluding carboxylic acids is 3. The zero-order chi connectivity index (χ0) is 19.5. The van der Waals surface area contributed by atoms with Crippen molar-refractivity contribution in [1.82, 2.24) is 10.7 Å². The summed E-state index contributed by atoms with van der Waals surface area (Å²) in [5.74, 6) is -1.83. The van der Waals surface area contributed by atoms with Crippen molar-refractivity contribution in [3.8, 4) is 5.75 Å². The Bertz CT molecular complexity index is 821. The Kier molecular flexibility index (Phi) is 7.52. The number of aliphatic carboxylic acids is 1. The Hall–Kier alpha value is -3.68. The Balaban J connectivity index is 1.78. The molecule has 0 aliphatic carbocycles. The lowest BCUT2D eigenvalue weighted by atomic mass is 10.1. The third-order valence-corrected chi connectivity index (χ3v) is 3.31. The average molecular weight is 368 g/mol. The van der Waals surface area contributed by atoms with Gasteiger partial charge < -0.3 is 20.0 Å². The number of carboxylic acid groups (broad SMARTS) is 1. The van der Waals surface area contributed by atoms with E-state index in [2.05, 4.69) is 15.8 Å². The molecule has 140 valence electrons. The summed E-state index contributed by atoms with van der Waals surface area (Å²) in [6, 6.07) is 15.7. The van der Waals surface area contributed by atoms with Gasteiger partial charge in [0.25, 0.3) is 5.91 Å². The molecule has 0 unspecified atom stereocenters. The quantitative estimate of drug-likeness (QED) is 0.462. The van der Waals surface area contributed by atoms with Gasteiger partial charge in [-0.3, -0.25) is 9.59 Å². The fourth-order valence-electron chi connectivity index (χ4n) is 2.09. The third kappa shape index (κ3) is 7.39. The molecule has 2 amide bonds. The van der Waals surface area contributed by atoms with Gasteiger partial charge in [-0.1, -0.05) is 42.5 Å². The molecule has 0 radical (unpaired) electrons. The standard InChI is InChI=1S/C19H19N3O5/c23-17(10-14-6-2-1-3-7-14)20-12-18(24)22-21-11-15-8-4-5-9-16(15)27-13-19(25)26/h1-9,11H,10,12-13H2,(H,20,23)(H,22,24)(H,25,26)/p-1/b21-11-. The summed E-state index contributed by atoms with van der Waals surface area (Å²) in [6.07, 6.45) is 1.49. The van der Waals surface area contributed by atoms with Crippen LogP contribution in [0.4, 0.5) is 0 Å². The second-order valence-corrected chi connectivity index (χ2v) is 5.43. The SMILES string of the molecule is O=C([O-])COc1ccccc1/C=N\NC(=O)CNC(=O)Cc1ccccc1. The number of amides is 2. The Morgan fingerprint density at radius 1 is 1.00 bits per heavy atom. The number of rotatable bonds is 9. The number of carbonyl (C=O) groups is 3. The summed E-state index contributed by atoms with van der Waals surface area (Å²) in [6.45, 7) is -0.809. The first kappa shape index (κ1) is 19.6. The minimum Gasteiger partial charge on any atom is -0.546 e. The number of hydrazone groups is 1. The van der Waals surface area contributed by atoms with Crippen molar-refractivity contribution < 1.29 is 24.2 Å². The molecule has 0 fully saturated rings. The van der Waals surface area contributed by atoms with Crippen LogP contribution in [0.1, 0.15) is 11.1 Å². The molecule has 0 bridgehead atoms. The number of carboxylic acids is 1. The highest BCUT2D eigenvalue weighted by molar-refractivity contribution is 5.88. The summed E-state index contributed by atoms with van der Waals surface area (Å²) in [7, 11) is 0. The second kappa shape index (κ2) is 10.3. The van der Waals surface area contributed by atoms with E-state index in [0.29, 0.717) is 5.56 Å². The van der Waals surface area contributed by atoms with Gasteiger partial charge in [-0.15, -0.1) is 0 Å². The second-order valence-electron chi connectivity index (χ2n) is 5.43. The molecule has 0 heterocycles. The van der Waals surface area contributed by atoms with Crippen LogP contribution in [0.3, 0.4) is 0 Å². The fourth-order valence-corrected chi connectivity index (χ4v) is 2.09. The van der Waals surface area contributed by atoms with Gasteiger partial charge in [0.1, 0.15) is 12.4 Å². The van der Waals surface area contributed by atoms with Crippen molar-refractivity contribution in [2.45, 2.75) is 6.42 Å². The monoisotopic (exact) mass is 368 g/mol. The van der Waals surface area contributed by atoms with E-state index in [-0.39, 0.29) is 24.6 Å². The van der Waals surface area contributed by atoms with Crippen molar-refractivity contribution in [3.05, 3.63) is 65.7 Å². The van der Waals surface area contributed by atoms with Gasteiger partial charge in [0, 0.05) is 5.56 Å². The smallest absolute Gasteiger partial charge is 0.259 e. The minimum absolute atomic E-state index is 0.181. The van der Waals surface area contributed by atoms with Gasteiger partial charge in [0.05, 0.1) is 25.1 Å². The van der Waals surface area contributed by atoms with Gasteiger partial charge in [0.15, 0.2) is 0 Å². The Labute approximate surface area is 155 Å². The van der Waals surface area contributed by atoms with Crippen molar-refractivity contribution in [2.24, 2.45) is 5.10 Å². The van der Waals surface area contributed by atoms with Crippen LogP contribution in [-0.2, 0) is 20.8 Å². The maximum absolute atomic E-state index is 11.8. The summed E-state index contributed by atoms with van der Waals surface area (Å²) in [5, 5.41) is 16.7. The number of ether oxygens (including phenoxy) is 1. The van der Waals surface area contributed by atoms with Gasteiger partial charge in [-0.2, -0.15) is 5.10 Å². The number of nitrogens with zero attached hydrogens (tertiary/aromatic N) is 1. The molecule has 8 heteroatoms. The normalized spacial score (nSPS) is 10.4. The van der Waals surface area contributed by atoms with Crippen LogP contribution < -0.4 is 20.6 Å². The predicted molar refractivity (Wildman–Crippen MR) is 95.8 cm³/mol. The molecular formula is C19H18N3O5-. The Morgan fingerprint density at radius 2 is 1.70 bits per heavy atom. The lowest BCUT2D eigenvalue weighted by Gasteiger charge is -2.09. The van der Waals surface area contributed by atoms with E-state index in [1.807, 2.05) is 30.3 Å². The summed E-state index contributed by atoms with van der Waals surface area (Å²) in [5.41, 5.74) is 3.60. The molecule has 0 saturated carbocycles. The van der Waals surface area contributed by atoms with Crippen LogP contribution in [0.2, 0.25) is 0 Å². The molecule has 0 saturated heterocycles. The van der Waals surface area contributed by atoms with Crippen molar-refractivity contribution in [3.63, 3.8) is 0 Å². The number of benzene rings is 2. The van der Waals surface area contributed by atoms with Crippen LogP contribution in [0.15, 0.2) is 59.7 Å². The number of para-hydroxylation sites is 1. The molecule has 8 nitrogen and oxygen atoms in total. The van der Waals surface area contributed by atoms with Crippen LogP contribution in [0, 0.1) is 0 Å². The fraction of sp³-hybridized carbons (Fsp3) is 0.158. The summed E-state index contributed by atoms with van der Waals surface area (Å²) in [4.78, 5) is 34.0. The average Bonchev–Trinajstić information content (AvgIpc) is 2.66. The van der Waals surface area contributed by atoms with Crippen LogP contribution >= 0.6 is 0 Å². The lowest BCUT2D eigenvalue weighted by molar-refractivity contribution is -0.307. The largest absolute Gasteiger partial charge is 0.546 e. The van der Waals surface area contributed by atoms with E-state index in [1.54, 1.807) is 24.3 Å². The highest BCUT2D eigenvalue weighted by atomic mass is 16.5. The number of nitrogens with one attached hydrogen (secondary N) is 2. The molecular weight excluding hydrogens is 350 g/mol. The first-order chi connectivity index (χ1) is 13.0. The maximum atomic E-state index is 11.8. The van der Waals surface area contributed by atoms with Gasteiger partial charge in [-0.05, 0) is 17.7 Å². The van der Waals surface area contributed by atoms with Crippen LogP contribution in [0.5, 0.6) is 5.75 Å². The highest BCUT2D eigenvalue weighted by Crippen LogP contribution is 2.15. The van der Waals surface area contributed by atoms with Gasteiger partial charge in [-0.25, -0.2) is 5.43 Å².